The van der Waals surface area contributed by atoms with E-state index in [0.29, 0.717) is 13.0 Å². The smallest absolute Gasteiger partial charge is 0.220 e. The van der Waals surface area contributed by atoms with Gasteiger partial charge in [0.05, 0.1) is 12.2 Å². The maximum atomic E-state index is 12.0. The number of amides is 1. The average molecular weight is 336 g/mol. The van der Waals surface area contributed by atoms with Gasteiger partial charge in [-0.2, -0.15) is 0 Å². The van der Waals surface area contributed by atoms with E-state index in [2.05, 4.69) is 29.4 Å². The molecule has 0 aliphatic carbocycles. The van der Waals surface area contributed by atoms with Crippen molar-refractivity contribution in [2.24, 2.45) is 0 Å². The van der Waals surface area contributed by atoms with E-state index in [9.17, 15) is 4.79 Å². The molecule has 3 aromatic rings. The lowest BCUT2D eigenvalue weighted by atomic mass is 10.1. The predicted octanol–water partition coefficient (Wildman–Crippen LogP) is 4.37. The first kappa shape index (κ1) is 16.4. The molecule has 1 amide bonds. The lowest BCUT2D eigenvalue weighted by Gasteiger charge is -2.04. The van der Waals surface area contributed by atoms with Gasteiger partial charge in [-0.25, -0.2) is 4.98 Å². The summed E-state index contributed by atoms with van der Waals surface area (Å²) in [6.45, 7) is 2.57. The summed E-state index contributed by atoms with van der Waals surface area (Å²) in [4.78, 5) is 16.6. The summed E-state index contributed by atoms with van der Waals surface area (Å²) < 4.78 is 0. The highest BCUT2D eigenvalue weighted by Crippen LogP contribution is 2.26. The van der Waals surface area contributed by atoms with Crippen LogP contribution in [0.15, 0.2) is 60.0 Å². The molecule has 0 aliphatic heterocycles. The average Bonchev–Trinajstić information content (AvgIpc) is 3.08. The Kier molecular flexibility index (Phi) is 5.39. The Morgan fingerprint density at radius 2 is 1.83 bits per heavy atom. The molecule has 0 saturated carbocycles. The molecular weight excluding hydrogens is 316 g/mol. The lowest BCUT2D eigenvalue weighted by Crippen LogP contribution is -2.23. The Morgan fingerprint density at radius 3 is 2.62 bits per heavy atom. The zero-order valence-electron chi connectivity index (χ0n) is 13.7. The molecule has 0 bridgehead atoms. The Labute approximate surface area is 146 Å². The number of aromatic nitrogens is 1. The summed E-state index contributed by atoms with van der Waals surface area (Å²) in [5, 5.41) is 5.97. The van der Waals surface area contributed by atoms with E-state index >= 15 is 0 Å². The summed E-state index contributed by atoms with van der Waals surface area (Å²) >= 11 is 1.62. The topological polar surface area (TPSA) is 42.0 Å². The lowest BCUT2D eigenvalue weighted by molar-refractivity contribution is -0.121. The number of rotatable bonds is 6. The molecule has 1 N–H and O–H groups in total. The van der Waals surface area contributed by atoms with Gasteiger partial charge in [-0.05, 0) is 24.5 Å². The van der Waals surface area contributed by atoms with Crippen molar-refractivity contribution in [1.29, 1.82) is 0 Å². The van der Waals surface area contributed by atoms with E-state index in [1.807, 2.05) is 47.8 Å². The second kappa shape index (κ2) is 7.88. The van der Waals surface area contributed by atoms with Gasteiger partial charge >= 0.3 is 0 Å². The Hall–Kier alpha value is -2.46. The van der Waals surface area contributed by atoms with Gasteiger partial charge in [-0.3, -0.25) is 4.79 Å². The SMILES string of the molecule is Cc1ccccc1-c1nc(CNC(=O)CCc2ccccc2)cs1. The summed E-state index contributed by atoms with van der Waals surface area (Å²) in [5.74, 6) is 0.0595. The number of hydrogen-bond donors (Lipinski definition) is 1. The second-order valence-electron chi connectivity index (χ2n) is 5.72. The number of hydrogen-bond acceptors (Lipinski definition) is 3. The number of aryl methyl sites for hydroxylation is 2. The van der Waals surface area contributed by atoms with Crippen molar-refractivity contribution in [2.75, 3.05) is 0 Å². The van der Waals surface area contributed by atoms with Crippen LogP contribution in [0.4, 0.5) is 0 Å². The van der Waals surface area contributed by atoms with Gasteiger partial charge in [0.25, 0.3) is 0 Å². The van der Waals surface area contributed by atoms with Crippen molar-refractivity contribution in [1.82, 2.24) is 10.3 Å². The van der Waals surface area contributed by atoms with Crippen LogP contribution in [0.25, 0.3) is 10.6 Å². The van der Waals surface area contributed by atoms with Gasteiger partial charge in [0, 0.05) is 17.4 Å². The van der Waals surface area contributed by atoms with Crippen LogP contribution in [0.2, 0.25) is 0 Å². The molecule has 0 fully saturated rings. The summed E-state index contributed by atoms with van der Waals surface area (Å²) in [6.07, 6.45) is 1.26. The van der Waals surface area contributed by atoms with Gasteiger partial charge in [0.1, 0.15) is 5.01 Å². The number of benzene rings is 2. The molecule has 2 aromatic carbocycles. The van der Waals surface area contributed by atoms with Crippen molar-refractivity contribution in [3.8, 4) is 10.6 Å². The maximum absolute atomic E-state index is 12.0. The highest BCUT2D eigenvalue weighted by molar-refractivity contribution is 7.13. The first-order valence-corrected chi connectivity index (χ1v) is 8.91. The maximum Gasteiger partial charge on any atom is 0.220 e. The molecule has 24 heavy (non-hydrogen) atoms. The number of carbonyl (C=O) groups excluding carboxylic acids is 1. The van der Waals surface area contributed by atoms with Crippen LogP contribution in [0, 0.1) is 6.92 Å². The molecule has 4 heteroatoms. The number of nitrogens with zero attached hydrogens (tertiary/aromatic N) is 1. The van der Waals surface area contributed by atoms with Gasteiger partial charge in [-0.15, -0.1) is 11.3 Å². The molecule has 0 saturated heterocycles. The highest BCUT2D eigenvalue weighted by Gasteiger charge is 2.08. The third kappa shape index (κ3) is 4.30. The highest BCUT2D eigenvalue weighted by atomic mass is 32.1. The Bertz CT molecular complexity index is 811. The van der Waals surface area contributed by atoms with E-state index < -0.39 is 0 Å². The normalized spacial score (nSPS) is 10.5. The number of nitrogens with one attached hydrogen (secondary N) is 1. The van der Waals surface area contributed by atoms with Crippen molar-refractivity contribution in [3.05, 3.63) is 76.8 Å². The first-order chi connectivity index (χ1) is 11.7. The Balaban J connectivity index is 1.52. The van der Waals surface area contributed by atoms with E-state index in [1.165, 1.54) is 11.1 Å². The molecule has 1 heterocycles. The minimum atomic E-state index is 0.0595. The van der Waals surface area contributed by atoms with Crippen molar-refractivity contribution < 1.29 is 4.79 Å². The van der Waals surface area contributed by atoms with Gasteiger partial charge < -0.3 is 5.32 Å². The van der Waals surface area contributed by atoms with E-state index in [-0.39, 0.29) is 5.91 Å². The minimum Gasteiger partial charge on any atom is -0.350 e. The molecule has 3 nitrogen and oxygen atoms in total. The summed E-state index contributed by atoms with van der Waals surface area (Å²) in [6, 6.07) is 18.3. The van der Waals surface area contributed by atoms with Crippen LogP contribution in [-0.4, -0.2) is 10.9 Å². The molecular formula is C20H20N2OS. The second-order valence-corrected chi connectivity index (χ2v) is 6.58. The largest absolute Gasteiger partial charge is 0.350 e. The zero-order valence-corrected chi connectivity index (χ0v) is 14.5. The Morgan fingerprint density at radius 1 is 1.08 bits per heavy atom. The minimum absolute atomic E-state index is 0.0595. The van der Waals surface area contributed by atoms with E-state index in [1.54, 1.807) is 11.3 Å². The third-order valence-corrected chi connectivity index (χ3v) is 4.80. The van der Waals surface area contributed by atoms with Crippen molar-refractivity contribution in [3.63, 3.8) is 0 Å². The van der Waals surface area contributed by atoms with E-state index in [4.69, 9.17) is 0 Å². The van der Waals surface area contributed by atoms with Gasteiger partial charge in [0.15, 0.2) is 0 Å². The molecule has 0 unspecified atom stereocenters. The standard InChI is InChI=1S/C20H20N2OS/c1-15-7-5-6-10-18(15)20-22-17(14-24-20)13-21-19(23)12-11-16-8-3-2-4-9-16/h2-10,14H,11-13H2,1H3,(H,21,23). The predicted molar refractivity (Wildman–Crippen MR) is 98.9 cm³/mol. The fraction of sp³-hybridized carbons (Fsp3) is 0.200. The zero-order chi connectivity index (χ0) is 16.8. The molecule has 0 aliphatic rings. The fourth-order valence-electron chi connectivity index (χ4n) is 2.50. The summed E-state index contributed by atoms with van der Waals surface area (Å²) in [5.41, 5.74) is 4.46. The van der Waals surface area contributed by atoms with Gasteiger partial charge in [-0.1, -0.05) is 54.6 Å². The third-order valence-electron chi connectivity index (χ3n) is 3.88. The number of thiazole rings is 1. The molecule has 1 aromatic heterocycles. The van der Waals surface area contributed by atoms with Gasteiger partial charge in [0.2, 0.25) is 5.91 Å². The van der Waals surface area contributed by atoms with E-state index in [0.717, 1.165) is 22.7 Å². The summed E-state index contributed by atoms with van der Waals surface area (Å²) in [7, 11) is 0. The molecule has 3 rings (SSSR count). The molecule has 122 valence electrons. The number of carbonyl (C=O) groups is 1. The van der Waals surface area contributed by atoms with Crippen LogP contribution in [-0.2, 0) is 17.8 Å². The van der Waals surface area contributed by atoms with Crippen LogP contribution in [0.1, 0.15) is 23.2 Å². The molecule has 0 spiro atoms. The molecule has 0 radical (unpaired) electrons. The molecule has 0 atom stereocenters. The van der Waals surface area contributed by atoms with Crippen molar-refractivity contribution in [2.45, 2.75) is 26.3 Å². The fourth-order valence-corrected chi connectivity index (χ4v) is 3.41. The van der Waals surface area contributed by atoms with Crippen LogP contribution < -0.4 is 5.32 Å². The quantitative estimate of drug-likeness (QED) is 0.726. The van der Waals surface area contributed by atoms with Crippen LogP contribution in [0.3, 0.4) is 0 Å². The van der Waals surface area contributed by atoms with Crippen LogP contribution >= 0.6 is 11.3 Å². The van der Waals surface area contributed by atoms with Crippen molar-refractivity contribution >= 4 is 17.2 Å². The first-order valence-electron chi connectivity index (χ1n) is 8.03. The van der Waals surface area contributed by atoms with Crippen LogP contribution in [0.5, 0.6) is 0 Å². The monoisotopic (exact) mass is 336 g/mol.